The quantitative estimate of drug-likeness (QED) is 0.254. The predicted octanol–water partition coefficient (Wildman–Crippen LogP) is 1.90. The van der Waals surface area contributed by atoms with E-state index in [0.717, 1.165) is 31.2 Å². The molecule has 3 aromatic carbocycles. The zero-order valence-electron chi connectivity index (χ0n) is 19.0. The van der Waals surface area contributed by atoms with Crippen molar-refractivity contribution in [1.82, 2.24) is 0 Å². The average Bonchev–Trinajstić information content (AvgIpc) is 2.78. The van der Waals surface area contributed by atoms with E-state index in [1.165, 1.54) is 31.9 Å². The number of methoxy groups -OCH3 is 2. The summed E-state index contributed by atoms with van der Waals surface area (Å²) in [6.07, 6.45) is 3.80. The summed E-state index contributed by atoms with van der Waals surface area (Å²) in [5.74, 6) is 1.27. The van der Waals surface area contributed by atoms with Gasteiger partial charge in [0.2, 0.25) is 0 Å². The SMILES string of the molecule is COc1cc(OC)cc(OP(=O)([O-])Oc2ccc(CCCCc3ccc(O)cc3)cc2)c1.[Na+]. The second-order valence-electron chi connectivity index (χ2n) is 7.20. The van der Waals surface area contributed by atoms with Crippen LogP contribution < -0.4 is 53.0 Å². The van der Waals surface area contributed by atoms with Crippen molar-refractivity contribution < 1.29 is 62.6 Å². The Morgan fingerprint density at radius 2 is 1.15 bits per heavy atom. The van der Waals surface area contributed by atoms with E-state index in [2.05, 4.69) is 0 Å². The van der Waals surface area contributed by atoms with E-state index in [0.29, 0.717) is 11.5 Å². The molecule has 7 nitrogen and oxygen atoms in total. The van der Waals surface area contributed by atoms with Crippen LogP contribution in [0.1, 0.15) is 24.0 Å². The van der Waals surface area contributed by atoms with Gasteiger partial charge in [-0.25, -0.2) is 4.57 Å². The average molecular weight is 480 g/mol. The van der Waals surface area contributed by atoms with Crippen LogP contribution >= 0.6 is 7.82 Å². The number of hydrogen-bond acceptors (Lipinski definition) is 7. The van der Waals surface area contributed by atoms with Crippen LogP contribution in [0.3, 0.4) is 0 Å². The van der Waals surface area contributed by atoms with Crippen LogP contribution in [0.15, 0.2) is 66.7 Å². The maximum Gasteiger partial charge on any atom is 1.00 e. The van der Waals surface area contributed by atoms with Gasteiger partial charge in [-0.3, -0.25) is 0 Å². The van der Waals surface area contributed by atoms with Crippen LogP contribution in [0, 0.1) is 0 Å². The van der Waals surface area contributed by atoms with Crippen molar-refractivity contribution >= 4 is 7.82 Å². The first kappa shape index (κ1) is 27.1. The van der Waals surface area contributed by atoms with Gasteiger partial charge in [0.1, 0.15) is 28.7 Å². The maximum absolute atomic E-state index is 12.3. The first-order chi connectivity index (χ1) is 15.4. The Labute approximate surface area is 216 Å². The molecule has 1 atom stereocenters. The first-order valence-corrected chi connectivity index (χ1v) is 11.6. The van der Waals surface area contributed by atoms with E-state index < -0.39 is 7.82 Å². The summed E-state index contributed by atoms with van der Waals surface area (Å²) in [5.41, 5.74) is 2.27. The minimum absolute atomic E-state index is 0. The summed E-state index contributed by atoms with van der Waals surface area (Å²) < 4.78 is 32.7. The summed E-state index contributed by atoms with van der Waals surface area (Å²) in [4.78, 5) is 12.3. The van der Waals surface area contributed by atoms with Crippen LogP contribution in [-0.4, -0.2) is 19.3 Å². The smallest absolute Gasteiger partial charge is 0.736 e. The van der Waals surface area contributed by atoms with Crippen LogP contribution in [-0.2, 0) is 17.4 Å². The van der Waals surface area contributed by atoms with Crippen molar-refractivity contribution in [2.75, 3.05) is 14.2 Å². The third-order valence-corrected chi connectivity index (χ3v) is 5.67. The van der Waals surface area contributed by atoms with Gasteiger partial charge in [0.05, 0.1) is 14.2 Å². The van der Waals surface area contributed by atoms with Crippen molar-refractivity contribution in [3.05, 3.63) is 77.9 Å². The van der Waals surface area contributed by atoms with Gasteiger partial charge < -0.3 is 28.5 Å². The largest absolute Gasteiger partial charge is 1.00 e. The number of benzene rings is 3. The molecule has 0 heterocycles. The molecule has 0 saturated carbocycles. The second-order valence-corrected chi connectivity index (χ2v) is 8.46. The van der Waals surface area contributed by atoms with Gasteiger partial charge in [-0.05, 0) is 61.1 Å². The molecule has 0 aliphatic carbocycles. The van der Waals surface area contributed by atoms with Gasteiger partial charge in [-0.15, -0.1) is 0 Å². The molecule has 0 bridgehead atoms. The number of phenolic OH excluding ortho intramolecular Hbond substituents is 1. The zero-order valence-corrected chi connectivity index (χ0v) is 21.9. The molecule has 170 valence electrons. The fourth-order valence-corrected chi connectivity index (χ4v) is 3.93. The Balaban J connectivity index is 0.00000385. The van der Waals surface area contributed by atoms with E-state index in [9.17, 15) is 14.6 Å². The monoisotopic (exact) mass is 480 g/mol. The standard InChI is InChI=1S/C24H27O7P.Na/c1-28-22-15-23(29-2)17-24(16-22)31-32(26,27)30-21-13-9-19(10-14-21)6-4-3-5-18-7-11-20(25)12-8-18;/h7-17,25H,3-6H2,1-2H3,(H,26,27);/q;+1/p-1. The molecule has 0 aromatic heterocycles. The van der Waals surface area contributed by atoms with E-state index >= 15 is 0 Å². The Bertz CT molecular complexity index is 1030. The van der Waals surface area contributed by atoms with E-state index in [4.69, 9.17) is 18.5 Å². The molecule has 1 unspecified atom stereocenters. The number of phenols is 1. The number of aryl methyl sites for hydroxylation is 2. The minimum atomic E-state index is -4.65. The summed E-state index contributed by atoms with van der Waals surface area (Å²) in [6, 6.07) is 18.6. The second kappa shape index (κ2) is 12.9. The molecule has 33 heavy (non-hydrogen) atoms. The molecule has 3 aromatic rings. The van der Waals surface area contributed by atoms with E-state index in [-0.39, 0.29) is 46.8 Å². The predicted molar refractivity (Wildman–Crippen MR) is 120 cm³/mol. The van der Waals surface area contributed by atoms with Crippen molar-refractivity contribution in [2.45, 2.75) is 25.7 Å². The number of unbranched alkanes of at least 4 members (excludes halogenated alkanes) is 1. The topological polar surface area (TPSA) is 97.3 Å². The fourth-order valence-electron chi connectivity index (χ4n) is 3.15. The fraction of sp³-hybridized carbons (Fsp3) is 0.250. The molecule has 3 rings (SSSR count). The van der Waals surface area contributed by atoms with E-state index in [1.54, 1.807) is 30.3 Å². The first-order valence-electron chi connectivity index (χ1n) is 10.2. The zero-order chi connectivity index (χ0) is 23.0. The van der Waals surface area contributed by atoms with Crippen molar-refractivity contribution in [3.63, 3.8) is 0 Å². The van der Waals surface area contributed by atoms with Crippen molar-refractivity contribution in [3.8, 4) is 28.7 Å². The molecule has 0 aliphatic heterocycles. The Morgan fingerprint density at radius 1 is 0.727 bits per heavy atom. The molecular formula is C24H26NaO7P. The maximum atomic E-state index is 12.3. The van der Waals surface area contributed by atoms with Gasteiger partial charge in [0.25, 0.3) is 0 Å². The Morgan fingerprint density at radius 3 is 1.64 bits per heavy atom. The number of phosphoric ester groups is 1. The number of phosphoric acid groups is 1. The van der Waals surface area contributed by atoms with Gasteiger partial charge >= 0.3 is 37.4 Å². The van der Waals surface area contributed by atoms with Crippen molar-refractivity contribution in [1.29, 1.82) is 0 Å². The summed E-state index contributed by atoms with van der Waals surface area (Å²) >= 11 is 0. The molecule has 0 fully saturated rings. The molecule has 0 spiro atoms. The Hall–Kier alpha value is -2.15. The number of hydrogen-bond donors (Lipinski definition) is 1. The van der Waals surface area contributed by atoms with Crippen LogP contribution in [0.2, 0.25) is 0 Å². The van der Waals surface area contributed by atoms with Crippen molar-refractivity contribution in [2.24, 2.45) is 0 Å². The van der Waals surface area contributed by atoms with Crippen LogP contribution in [0.5, 0.6) is 28.7 Å². The number of rotatable bonds is 11. The van der Waals surface area contributed by atoms with Gasteiger partial charge in [-0.1, -0.05) is 24.3 Å². The van der Waals surface area contributed by atoms with Gasteiger partial charge in [-0.2, -0.15) is 0 Å². The number of aromatic hydroxyl groups is 1. The molecule has 0 amide bonds. The third kappa shape index (κ3) is 8.95. The molecular weight excluding hydrogens is 454 g/mol. The third-order valence-electron chi connectivity index (χ3n) is 4.80. The molecule has 0 aliphatic rings. The summed E-state index contributed by atoms with van der Waals surface area (Å²) in [6.45, 7) is 0. The molecule has 0 radical (unpaired) electrons. The molecule has 9 heteroatoms. The van der Waals surface area contributed by atoms with Gasteiger partial charge in [0, 0.05) is 18.2 Å². The van der Waals surface area contributed by atoms with Crippen LogP contribution in [0.4, 0.5) is 0 Å². The minimum Gasteiger partial charge on any atom is -0.736 e. The molecule has 1 N–H and O–H groups in total. The van der Waals surface area contributed by atoms with Crippen LogP contribution in [0.25, 0.3) is 0 Å². The normalized spacial score (nSPS) is 12.2. The Kier molecular flexibility index (Phi) is 10.6. The van der Waals surface area contributed by atoms with Gasteiger partial charge in [0.15, 0.2) is 0 Å². The van der Waals surface area contributed by atoms with E-state index in [1.807, 2.05) is 24.3 Å². The molecule has 0 saturated heterocycles. The summed E-state index contributed by atoms with van der Waals surface area (Å²) in [7, 11) is -1.74. The number of ether oxygens (including phenoxy) is 2. The summed E-state index contributed by atoms with van der Waals surface area (Å²) in [5, 5.41) is 9.32.